The molecule has 0 radical (unpaired) electrons. The number of nitrogens with one attached hydrogen (secondary N) is 2. The summed E-state index contributed by atoms with van der Waals surface area (Å²) in [6, 6.07) is 8.59. The third-order valence-corrected chi connectivity index (χ3v) is 4.95. The summed E-state index contributed by atoms with van der Waals surface area (Å²) in [6.45, 7) is 9.09. The SMILES string of the molecule is CN=C(NCC(C)Oc1ccccc1C)NC1CCN(CCCOC)CC1.I. The van der Waals surface area contributed by atoms with E-state index in [0.717, 1.165) is 62.8 Å². The number of halogens is 1. The zero-order valence-corrected chi connectivity index (χ0v) is 20.1. The van der Waals surface area contributed by atoms with Crippen molar-refractivity contribution in [3.05, 3.63) is 29.8 Å². The van der Waals surface area contributed by atoms with Gasteiger partial charge in [0.05, 0.1) is 6.54 Å². The molecule has 160 valence electrons. The summed E-state index contributed by atoms with van der Waals surface area (Å²) >= 11 is 0. The van der Waals surface area contributed by atoms with Crippen LogP contribution in [0.25, 0.3) is 0 Å². The van der Waals surface area contributed by atoms with E-state index >= 15 is 0 Å². The van der Waals surface area contributed by atoms with Crippen LogP contribution >= 0.6 is 24.0 Å². The molecule has 1 saturated heterocycles. The Bertz CT molecular complexity index is 577. The molecule has 0 aliphatic carbocycles. The second kappa shape index (κ2) is 14.0. The van der Waals surface area contributed by atoms with Crippen molar-refractivity contribution < 1.29 is 9.47 Å². The maximum atomic E-state index is 6.03. The fourth-order valence-electron chi connectivity index (χ4n) is 3.31. The number of likely N-dealkylation sites (tertiary alicyclic amines) is 1. The number of methoxy groups -OCH3 is 1. The van der Waals surface area contributed by atoms with Gasteiger partial charge in [0, 0.05) is 46.4 Å². The van der Waals surface area contributed by atoms with Crippen LogP contribution in [0, 0.1) is 6.92 Å². The third-order valence-electron chi connectivity index (χ3n) is 4.95. The highest BCUT2D eigenvalue weighted by atomic mass is 127. The van der Waals surface area contributed by atoms with Gasteiger partial charge in [-0.2, -0.15) is 0 Å². The van der Waals surface area contributed by atoms with Crippen molar-refractivity contribution in [3.63, 3.8) is 0 Å². The van der Waals surface area contributed by atoms with E-state index in [1.54, 1.807) is 7.11 Å². The monoisotopic (exact) mass is 504 g/mol. The standard InChI is InChI=1S/C21H36N4O2.HI/c1-17-8-5-6-9-20(17)27-18(2)16-23-21(22-3)24-19-10-13-25(14-11-19)12-7-15-26-4;/h5-6,8-9,18-19H,7,10-16H2,1-4H3,(H2,22,23,24);1H. The number of para-hydroxylation sites is 1. The highest BCUT2D eigenvalue weighted by Crippen LogP contribution is 2.17. The Labute approximate surface area is 187 Å². The molecule has 1 aromatic carbocycles. The van der Waals surface area contributed by atoms with Gasteiger partial charge in [-0.3, -0.25) is 4.99 Å². The normalized spacial score (nSPS) is 16.9. The van der Waals surface area contributed by atoms with E-state index in [-0.39, 0.29) is 30.1 Å². The number of guanidine groups is 1. The number of nitrogens with zero attached hydrogens (tertiary/aromatic N) is 2. The van der Waals surface area contributed by atoms with Crippen LogP contribution in [0.3, 0.4) is 0 Å². The Morgan fingerprint density at radius 1 is 1.29 bits per heavy atom. The summed E-state index contributed by atoms with van der Waals surface area (Å²) in [7, 11) is 3.59. The third kappa shape index (κ3) is 8.96. The fraction of sp³-hybridized carbons (Fsp3) is 0.667. The molecule has 1 aliphatic rings. The van der Waals surface area contributed by atoms with Gasteiger partial charge in [-0.25, -0.2) is 0 Å². The van der Waals surface area contributed by atoms with Gasteiger partial charge in [0.1, 0.15) is 11.9 Å². The first-order valence-corrected chi connectivity index (χ1v) is 10.0. The molecule has 6 nitrogen and oxygen atoms in total. The summed E-state index contributed by atoms with van der Waals surface area (Å²) in [5, 5.41) is 6.95. The number of hydrogen-bond acceptors (Lipinski definition) is 4. The smallest absolute Gasteiger partial charge is 0.191 e. The quantitative estimate of drug-likeness (QED) is 0.234. The molecule has 2 N–H and O–H groups in total. The molecule has 7 heteroatoms. The minimum Gasteiger partial charge on any atom is -0.489 e. The lowest BCUT2D eigenvalue weighted by Gasteiger charge is -2.33. The topological polar surface area (TPSA) is 58.1 Å². The molecule has 2 rings (SSSR count). The van der Waals surface area contributed by atoms with Gasteiger partial charge in [0.2, 0.25) is 0 Å². The molecule has 0 saturated carbocycles. The Hall–Kier alpha value is -1.06. The molecular formula is C21H37IN4O2. The van der Waals surface area contributed by atoms with E-state index in [1.165, 1.54) is 0 Å². The lowest BCUT2D eigenvalue weighted by atomic mass is 10.1. The average molecular weight is 504 g/mol. The van der Waals surface area contributed by atoms with Gasteiger partial charge in [0.15, 0.2) is 5.96 Å². The van der Waals surface area contributed by atoms with Gasteiger partial charge >= 0.3 is 0 Å². The first-order valence-electron chi connectivity index (χ1n) is 10.0. The van der Waals surface area contributed by atoms with Gasteiger partial charge < -0.3 is 25.0 Å². The van der Waals surface area contributed by atoms with Crippen LogP contribution in [-0.4, -0.2) is 69.9 Å². The zero-order chi connectivity index (χ0) is 19.5. The van der Waals surface area contributed by atoms with E-state index in [1.807, 2.05) is 25.2 Å². The summed E-state index contributed by atoms with van der Waals surface area (Å²) < 4.78 is 11.2. The predicted molar refractivity (Wildman–Crippen MR) is 127 cm³/mol. The van der Waals surface area contributed by atoms with Crippen molar-refractivity contribution >= 4 is 29.9 Å². The summed E-state index contributed by atoms with van der Waals surface area (Å²) in [5.41, 5.74) is 1.16. The number of aryl methyl sites for hydroxylation is 1. The van der Waals surface area contributed by atoms with Crippen LogP contribution in [0.2, 0.25) is 0 Å². The molecule has 1 aliphatic heterocycles. The first kappa shape index (κ1) is 25.0. The van der Waals surface area contributed by atoms with Crippen LogP contribution in [-0.2, 0) is 4.74 Å². The molecule has 0 amide bonds. The molecule has 0 bridgehead atoms. The van der Waals surface area contributed by atoms with E-state index in [2.05, 4.69) is 40.4 Å². The van der Waals surface area contributed by atoms with E-state index in [4.69, 9.17) is 9.47 Å². The maximum absolute atomic E-state index is 6.03. The molecule has 1 fully saturated rings. The number of ether oxygens (including phenoxy) is 2. The van der Waals surface area contributed by atoms with Crippen molar-refractivity contribution in [2.24, 2.45) is 4.99 Å². The van der Waals surface area contributed by atoms with Gasteiger partial charge in [0.25, 0.3) is 0 Å². The van der Waals surface area contributed by atoms with Crippen LogP contribution < -0.4 is 15.4 Å². The highest BCUT2D eigenvalue weighted by molar-refractivity contribution is 14.0. The minimum atomic E-state index is 0. The molecule has 1 atom stereocenters. The number of hydrogen-bond donors (Lipinski definition) is 2. The van der Waals surface area contributed by atoms with Gasteiger partial charge in [-0.1, -0.05) is 18.2 Å². The van der Waals surface area contributed by atoms with Crippen molar-refractivity contribution in [3.8, 4) is 5.75 Å². The van der Waals surface area contributed by atoms with Crippen molar-refractivity contribution in [2.45, 2.75) is 45.3 Å². The molecule has 28 heavy (non-hydrogen) atoms. The van der Waals surface area contributed by atoms with Crippen molar-refractivity contribution in [1.82, 2.24) is 15.5 Å². The molecule has 1 unspecified atom stereocenters. The average Bonchev–Trinajstić information content (AvgIpc) is 2.68. The second-order valence-corrected chi connectivity index (χ2v) is 7.25. The Morgan fingerprint density at radius 3 is 2.64 bits per heavy atom. The second-order valence-electron chi connectivity index (χ2n) is 7.25. The number of piperidine rings is 1. The van der Waals surface area contributed by atoms with Crippen molar-refractivity contribution in [2.75, 3.05) is 46.9 Å². The van der Waals surface area contributed by atoms with E-state index < -0.39 is 0 Å². The Kier molecular flexibility index (Phi) is 12.5. The van der Waals surface area contributed by atoms with Crippen molar-refractivity contribution in [1.29, 1.82) is 0 Å². The summed E-state index contributed by atoms with van der Waals surface area (Å²) in [6.07, 6.45) is 3.45. The lowest BCUT2D eigenvalue weighted by Crippen LogP contribution is -2.50. The van der Waals surface area contributed by atoms with Gasteiger partial charge in [-0.05, 0) is 44.7 Å². The lowest BCUT2D eigenvalue weighted by molar-refractivity contribution is 0.155. The molecule has 1 heterocycles. The molecule has 1 aromatic rings. The molecule has 0 spiro atoms. The number of aliphatic imine (C=N–C) groups is 1. The van der Waals surface area contributed by atoms with Crippen LogP contribution in [0.1, 0.15) is 31.7 Å². The summed E-state index contributed by atoms with van der Waals surface area (Å²) in [4.78, 5) is 6.89. The number of benzene rings is 1. The predicted octanol–water partition coefficient (Wildman–Crippen LogP) is 3.05. The van der Waals surface area contributed by atoms with Gasteiger partial charge in [-0.15, -0.1) is 24.0 Å². The van der Waals surface area contributed by atoms with E-state index in [9.17, 15) is 0 Å². The largest absolute Gasteiger partial charge is 0.489 e. The van der Waals surface area contributed by atoms with E-state index in [0.29, 0.717) is 12.6 Å². The fourth-order valence-corrected chi connectivity index (χ4v) is 3.31. The van der Waals surface area contributed by atoms with Crippen LogP contribution in [0.4, 0.5) is 0 Å². The van der Waals surface area contributed by atoms with Crippen LogP contribution in [0.5, 0.6) is 5.75 Å². The number of rotatable bonds is 9. The molecular weight excluding hydrogens is 467 g/mol. The van der Waals surface area contributed by atoms with Crippen LogP contribution in [0.15, 0.2) is 29.3 Å². The minimum absolute atomic E-state index is 0. The Morgan fingerprint density at radius 2 is 2.00 bits per heavy atom. The maximum Gasteiger partial charge on any atom is 0.191 e. The zero-order valence-electron chi connectivity index (χ0n) is 17.7. The summed E-state index contributed by atoms with van der Waals surface area (Å²) in [5.74, 6) is 1.80. The highest BCUT2D eigenvalue weighted by Gasteiger charge is 2.19. The Balaban J connectivity index is 0.00000392. The molecule has 0 aromatic heterocycles. The first-order chi connectivity index (χ1) is 13.1.